The average molecular weight is 170 g/mol. The maximum Gasteiger partial charge on any atom is 0.0805 e. The number of nitrogens with one attached hydrogen (secondary N) is 1. The summed E-state index contributed by atoms with van der Waals surface area (Å²) in [7, 11) is 0. The van der Waals surface area contributed by atoms with Crippen molar-refractivity contribution in [3.8, 4) is 0 Å². The molecule has 2 heteroatoms. The molecule has 0 saturated carbocycles. The van der Waals surface area contributed by atoms with Crippen molar-refractivity contribution in [3.05, 3.63) is 12.2 Å². The lowest BCUT2D eigenvalue weighted by atomic mass is 10.1. The van der Waals surface area contributed by atoms with Crippen LogP contribution in [0.25, 0.3) is 0 Å². The molecule has 1 fully saturated rings. The fraction of sp³-hybridized carbons (Fsp3) is 0.800. The number of rotatable bonds is 3. The molecule has 2 nitrogen and oxygen atoms in total. The Morgan fingerprint density at radius 1 is 1.42 bits per heavy atom. The molecule has 0 aromatic heterocycles. The lowest BCUT2D eigenvalue weighted by Crippen LogP contribution is -3.13. The zero-order chi connectivity index (χ0) is 8.81. The average Bonchev–Trinajstić information content (AvgIpc) is 2.09. The molecule has 0 spiro atoms. The minimum atomic E-state index is -0.0181. The molecule has 0 amide bonds. The number of hydrogen-bond acceptors (Lipinski definition) is 1. The maximum absolute atomic E-state index is 9.27. The van der Waals surface area contributed by atoms with Crippen molar-refractivity contribution >= 4 is 0 Å². The van der Waals surface area contributed by atoms with Crippen LogP contribution in [0.2, 0.25) is 0 Å². The van der Waals surface area contributed by atoms with E-state index in [0.717, 1.165) is 25.9 Å². The van der Waals surface area contributed by atoms with E-state index in [1.165, 1.54) is 13.0 Å². The van der Waals surface area contributed by atoms with Crippen molar-refractivity contribution in [1.29, 1.82) is 0 Å². The van der Waals surface area contributed by atoms with Gasteiger partial charge in [0.2, 0.25) is 0 Å². The first kappa shape index (κ1) is 9.75. The molecular weight excluding hydrogens is 150 g/mol. The van der Waals surface area contributed by atoms with Crippen molar-refractivity contribution in [1.82, 2.24) is 0 Å². The molecule has 1 saturated heterocycles. The molecule has 0 radical (unpaired) electrons. The van der Waals surface area contributed by atoms with Crippen LogP contribution in [-0.4, -0.2) is 30.8 Å². The van der Waals surface area contributed by atoms with Crippen LogP contribution in [0.15, 0.2) is 12.2 Å². The Bertz CT molecular complexity index is 137. The van der Waals surface area contributed by atoms with Crippen molar-refractivity contribution in [3.63, 3.8) is 0 Å². The Balaban J connectivity index is 2.09. The van der Waals surface area contributed by atoms with Gasteiger partial charge in [-0.1, -0.05) is 12.2 Å². The second-order valence-corrected chi connectivity index (χ2v) is 3.59. The molecule has 2 N–H and O–H groups in total. The number of aliphatic hydroxyl groups is 1. The summed E-state index contributed by atoms with van der Waals surface area (Å²) < 4.78 is 0. The van der Waals surface area contributed by atoms with E-state index in [1.807, 2.05) is 0 Å². The predicted molar refractivity (Wildman–Crippen MR) is 50.2 cm³/mol. The summed E-state index contributed by atoms with van der Waals surface area (Å²) in [5.41, 5.74) is 0. The van der Waals surface area contributed by atoms with Crippen LogP contribution in [0, 0.1) is 0 Å². The lowest BCUT2D eigenvalue weighted by molar-refractivity contribution is -0.905. The quantitative estimate of drug-likeness (QED) is 0.572. The highest BCUT2D eigenvalue weighted by Gasteiger charge is 2.18. The molecule has 1 rings (SSSR count). The van der Waals surface area contributed by atoms with Crippen LogP contribution in [0.3, 0.4) is 0 Å². The second-order valence-electron chi connectivity index (χ2n) is 3.59. The van der Waals surface area contributed by atoms with Gasteiger partial charge < -0.3 is 10.0 Å². The number of piperidine rings is 1. The third-order valence-electron chi connectivity index (χ3n) is 2.56. The van der Waals surface area contributed by atoms with E-state index in [-0.39, 0.29) is 6.10 Å². The first-order valence-electron chi connectivity index (χ1n) is 4.95. The van der Waals surface area contributed by atoms with Gasteiger partial charge in [0.15, 0.2) is 0 Å². The molecule has 0 unspecified atom stereocenters. The third-order valence-corrected chi connectivity index (χ3v) is 2.56. The van der Waals surface area contributed by atoms with Gasteiger partial charge >= 0.3 is 0 Å². The van der Waals surface area contributed by atoms with Gasteiger partial charge in [-0.2, -0.15) is 0 Å². The summed E-state index contributed by atoms with van der Waals surface area (Å²) in [6.45, 7) is 5.60. The fourth-order valence-corrected chi connectivity index (χ4v) is 1.71. The molecule has 1 aliphatic heterocycles. The number of quaternary nitrogens is 1. The van der Waals surface area contributed by atoms with E-state index in [9.17, 15) is 5.11 Å². The van der Waals surface area contributed by atoms with Crippen LogP contribution in [0.4, 0.5) is 0 Å². The standard InChI is InChI=1S/C10H19NO/c1-2-3-4-7-11-8-5-10(12)6-9-11/h2-3,10,12H,4-9H2,1H3/p+1/b3-2-. The highest BCUT2D eigenvalue weighted by Crippen LogP contribution is 1.97. The van der Waals surface area contributed by atoms with Gasteiger partial charge in [-0.05, 0) is 6.92 Å². The van der Waals surface area contributed by atoms with E-state index in [0.29, 0.717) is 0 Å². The Kier molecular flexibility index (Phi) is 4.33. The molecular formula is C10H20NO+. The molecule has 12 heavy (non-hydrogen) atoms. The number of aliphatic hydroxyl groups excluding tert-OH is 1. The Hall–Kier alpha value is -0.340. The van der Waals surface area contributed by atoms with Gasteiger partial charge in [0.25, 0.3) is 0 Å². The lowest BCUT2D eigenvalue weighted by Gasteiger charge is -2.26. The van der Waals surface area contributed by atoms with Gasteiger partial charge in [0.1, 0.15) is 0 Å². The number of allylic oxidation sites excluding steroid dienone is 1. The molecule has 1 aliphatic rings. The van der Waals surface area contributed by atoms with Crippen molar-refractivity contribution < 1.29 is 10.0 Å². The Morgan fingerprint density at radius 3 is 2.67 bits per heavy atom. The summed E-state index contributed by atoms with van der Waals surface area (Å²) in [4.78, 5) is 1.65. The molecule has 70 valence electrons. The van der Waals surface area contributed by atoms with Crippen LogP contribution < -0.4 is 4.90 Å². The molecule has 0 aliphatic carbocycles. The van der Waals surface area contributed by atoms with E-state index in [1.54, 1.807) is 4.90 Å². The van der Waals surface area contributed by atoms with E-state index in [4.69, 9.17) is 0 Å². The van der Waals surface area contributed by atoms with Gasteiger partial charge in [-0.15, -0.1) is 0 Å². The third kappa shape index (κ3) is 3.37. The van der Waals surface area contributed by atoms with Crippen molar-refractivity contribution in [2.45, 2.75) is 32.3 Å². The zero-order valence-electron chi connectivity index (χ0n) is 7.92. The van der Waals surface area contributed by atoms with Crippen LogP contribution in [-0.2, 0) is 0 Å². The van der Waals surface area contributed by atoms with E-state index in [2.05, 4.69) is 19.1 Å². The maximum atomic E-state index is 9.27. The van der Waals surface area contributed by atoms with Gasteiger partial charge in [-0.3, -0.25) is 0 Å². The minimum Gasteiger partial charge on any atom is -0.393 e. The summed E-state index contributed by atoms with van der Waals surface area (Å²) in [5, 5.41) is 9.27. The number of hydrogen-bond donors (Lipinski definition) is 2. The van der Waals surface area contributed by atoms with Crippen molar-refractivity contribution in [2.75, 3.05) is 19.6 Å². The smallest absolute Gasteiger partial charge is 0.0805 e. The van der Waals surface area contributed by atoms with Gasteiger partial charge in [-0.25, -0.2) is 0 Å². The van der Waals surface area contributed by atoms with Crippen LogP contribution >= 0.6 is 0 Å². The van der Waals surface area contributed by atoms with Crippen LogP contribution in [0.1, 0.15) is 26.2 Å². The number of likely N-dealkylation sites (tertiary alicyclic amines) is 1. The van der Waals surface area contributed by atoms with E-state index >= 15 is 0 Å². The monoisotopic (exact) mass is 170 g/mol. The Morgan fingerprint density at radius 2 is 2.08 bits per heavy atom. The topological polar surface area (TPSA) is 24.7 Å². The summed E-state index contributed by atoms with van der Waals surface area (Å²) in [6.07, 6.45) is 7.48. The highest BCUT2D eigenvalue weighted by atomic mass is 16.3. The largest absolute Gasteiger partial charge is 0.393 e. The molecule has 0 aromatic carbocycles. The van der Waals surface area contributed by atoms with Crippen molar-refractivity contribution in [2.24, 2.45) is 0 Å². The minimum absolute atomic E-state index is 0.0181. The predicted octanol–water partition coefficient (Wildman–Crippen LogP) is -0.00780. The van der Waals surface area contributed by atoms with Gasteiger partial charge in [0.05, 0.1) is 25.7 Å². The Labute approximate surface area is 74.9 Å². The van der Waals surface area contributed by atoms with Crippen LogP contribution in [0.5, 0.6) is 0 Å². The summed E-state index contributed by atoms with van der Waals surface area (Å²) in [5.74, 6) is 0. The molecule has 1 heterocycles. The highest BCUT2D eigenvalue weighted by molar-refractivity contribution is 4.75. The molecule has 0 atom stereocenters. The van der Waals surface area contributed by atoms with E-state index < -0.39 is 0 Å². The second kappa shape index (κ2) is 5.33. The first-order valence-corrected chi connectivity index (χ1v) is 4.95. The SMILES string of the molecule is C/C=C\CC[NH+]1CCC(O)CC1. The summed E-state index contributed by atoms with van der Waals surface area (Å²) in [6, 6.07) is 0. The molecule has 0 bridgehead atoms. The summed E-state index contributed by atoms with van der Waals surface area (Å²) >= 11 is 0. The fourth-order valence-electron chi connectivity index (χ4n) is 1.71. The van der Waals surface area contributed by atoms with Gasteiger partial charge in [0, 0.05) is 19.3 Å². The zero-order valence-corrected chi connectivity index (χ0v) is 7.92. The normalized spacial score (nSPS) is 31.2. The molecule has 0 aromatic rings. The first-order chi connectivity index (χ1) is 5.83.